The number of nitrogens with zero attached hydrogens (tertiary/aromatic N) is 5. The number of aliphatic hydroxyl groups excluding tert-OH is 1. The molecule has 4 heterocycles. The van der Waals surface area contributed by atoms with Gasteiger partial charge in [0.1, 0.15) is 12.4 Å². The number of hydrogen-bond donors (Lipinski definition) is 2. The fraction of sp³-hybridized carbons (Fsp3) is 0.320. The van der Waals surface area contributed by atoms with Crippen LogP contribution in [0.4, 0.5) is 5.82 Å². The number of rotatable bonds is 5. The molecule has 3 N–H and O–H groups in total. The van der Waals surface area contributed by atoms with Gasteiger partial charge in [-0.3, -0.25) is 14.6 Å². The van der Waals surface area contributed by atoms with Gasteiger partial charge in [-0.15, -0.1) is 0 Å². The quantitative estimate of drug-likeness (QED) is 0.562. The van der Waals surface area contributed by atoms with Crippen LogP contribution in [0.25, 0.3) is 16.8 Å². The van der Waals surface area contributed by atoms with Crippen LogP contribution < -0.4 is 5.73 Å². The van der Waals surface area contributed by atoms with Gasteiger partial charge in [-0.1, -0.05) is 30.4 Å². The van der Waals surface area contributed by atoms with Crippen molar-refractivity contribution < 1.29 is 14.7 Å². The van der Waals surface area contributed by atoms with Gasteiger partial charge in [0.05, 0.1) is 17.5 Å². The Labute approximate surface area is 196 Å². The Kier molecular flexibility index (Phi) is 5.93. The van der Waals surface area contributed by atoms with Crippen LogP contribution in [0.5, 0.6) is 0 Å². The third-order valence-corrected chi connectivity index (χ3v) is 6.70. The summed E-state index contributed by atoms with van der Waals surface area (Å²) in [6.07, 6.45) is 14.8. The third kappa shape index (κ3) is 3.88. The number of allylic oxidation sites excluding steroid dienone is 4. The van der Waals surface area contributed by atoms with Gasteiger partial charge < -0.3 is 15.7 Å². The fourth-order valence-electron chi connectivity index (χ4n) is 4.77. The molecule has 0 radical (unpaired) electrons. The molecule has 5 rings (SSSR count). The largest absolute Gasteiger partial charge is 0.387 e. The number of nitrogen functional groups attached to an aromatic ring is 1. The van der Waals surface area contributed by atoms with E-state index in [1.807, 2.05) is 30.5 Å². The molecule has 9 nitrogen and oxygen atoms in total. The highest BCUT2D eigenvalue weighted by Gasteiger charge is 2.28. The van der Waals surface area contributed by atoms with Gasteiger partial charge in [-0.05, 0) is 25.3 Å². The number of aromatic nitrogens is 4. The van der Waals surface area contributed by atoms with E-state index in [0.29, 0.717) is 42.8 Å². The van der Waals surface area contributed by atoms with Crippen LogP contribution in [0, 0.1) is 0 Å². The van der Waals surface area contributed by atoms with Gasteiger partial charge in [-0.2, -0.15) is 9.61 Å². The van der Waals surface area contributed by atoms with Crippen molar-refractivity contribution >= 4 is 23.7 Å². The smallest absolute Gasteiger partial charge is 0.248 e. The molecular formula is C25H26N6O3. The Hall–Kier alpha value is -3.85. The number of piperidine rings is 1. The van der Waals surface area contributed by atoms with Crippen LogP contribution in [0.3, 0.4) is 0 Å². The lowest BCUT2D eigenvalue weighted by atomic mass is 9.90. The van der Waals surface area contributed by atoms with E-state index < -0.39 is 6.61 Å². The van der Waals surface area contributed by atoms with E-state index in [-0.39, 0.29) is 23.6 Å². The zero-order valence-electron chi connectivity index (χ0n) is 18.7. The van der Waals surface area contributed by atoms with Crippen LogP contribution >= 0.6 is 0 Å². The van der Waals surface area contributed by atoms with Crippen LogP contribution in [0.15, 0.2) is 48.8 Å². The normalized spacial score (nSPS) is 18.5. The van der Waals surface area contributed by atoms with Crippen LogP contribution in [0.1, 0.15) is 52.8 Å². The molecule has 1 unspecified atom stereocenters. The molecule has 3 aromatic rings. The van der Waals surface area contributed by atoms with Gasteiger partial charge in [0.15, 0.2) is 11.9 Å². The highest BCUT2D eigenvalue weighted by molar-refractivity contribution is 5.87. The zero-order valence-corrected chi connectivity index (χ0v) is 18.7. The van der Waals surface area contributed by atoms with Crippen LogP contribution in [-0.4, -0.2) is 61.5 Å². The summed E-state index contributed by atoms with van der Waals surface area (Å²) < 4.78 is 1.50. The van der Waals surface area contributed by atoms with Crippen LogP contribution in [0.2, 0.25) is 0 Å². The number of carbonyl (C=O) groups is 2. The van der Waals surface area contributed by atoms with Crippen molar-refractivity contribution in [3.63, 3.8) is 0 Å². The van der Waals surface area contributed by atoms with Gasteiger partial charge in [0, 0.05) is 47.9 Å². The molecule has 174 valence electrons. The first-order valence-electron chi connectivity index (χ1n) is 11.4. The number of carbonyl (C=O) groups excluding carboxylic acids is 2. The predicted molar refractivity (Wildman–Crippen MR) is 127 cm³/mol. The monoisotopic (exact) mass is 458 g/mol. The van der Waals surface area contributed by atoms with E-state index >= 15 is 0 Å². The van der Waals surface area contributed by atoms with Gasteiger partial charge in [0.25, 0.3) is 0 Å². The Morgan fingerprint density at radius 3 is 2.68 bits per heavy atom. The minimum absolute atomic E-state index is 0.0235. The predicted octanol–water partition coefficient (Wildman–Crippen LogP) is 2.48. The zero-order chi connectivity index (χ0) is 23.7. The second kappa shape index (κ2) is 9.18. The number of anilines is 1. The minimum Gasteiger partial charge on any atom is -0.387 e. The van der Waals surface area contributed by atoms with Crippen molar-refractivity contribution in [3.8, 4) is 11.1 Å². The van der Waals surface area contributed by atoms with E-state index in [4.69, 9.17) is 15.8 Å². The van der Waals surface area contributed by atoms with Crippen LogP contribution in [-0.2, 0) is 4.79 Å². The van der Waals surface area contributed by atoms with Crippen molar-refractivity contribution in [2.24, 2.45) is 0 Å². The SMILES string of the molecule is Nc1c(C=O)c(C2CCN(C(=O)CO)CC2)nc2c(-c3ccc(C4C=CC=CC4)nc3)cnn12. The first-order valence-corrected chi connectivity index (χ1v) is 11.4. The van der Waals surface area contributed by atoms with Gasteiger partial charge in [0.2, 0.25) is 5.91 Å². The van der Waals surface area contributed by atoms with E-state index in [9.17, 15) is 9.59 Å². The number of amides is 1. The fourth-order valence-corrected chi connectivity index (χ4v) is 4.77. The maximum atomic E-state index is 11.9. The highest BCUT2D eigenvalue weighted by atomic mass is 16.3. The van der Waals surface area contributed by atoms with Crippen molar-refractivity contribution in [1.82, 2.24) is 24.5 Å². The lowest BCUT2D eigenvalue weighted by molar-refractivity contribution is -0.135. The van der Waals surface area contributed by atoms with Crippen molar-refractivity contribution in [2.45, 2.75) is 31.1 Å². The van der Waals surface area contributed by atoms with E-state index in [1.54, 1.807) is 11.1 Å². The second-order valence-electron chi connectivity index (χ2n) is 8.65. The number of aliphatic hydroxyl groups is 1. The van der Waals surface area contributed by atoms with Crippen molar-refractivity contribution in [1.29, 1.82) is 0 Å². The van der Waals surface area contributed by atoms with E-state index in [0.717, 1.165) is 29.5 Å². The Balaban J connectivity index is 1.49. The number of likely N-dealkylation sites (tertiary alicyclic amines) is 1. The van der Waals surface area contributed by atoms with Gasteiger partial charge in [-0.25, -0.2) is 4.98 Å². The summed E-state index contributed by atoms with van der Waals surface area (Å²) in [5.41, 5.74) is 10.5. The second-order valence-corrected chi connectivity index (χ2v) is 8.65. The van der Waals surface area contributed by atoms with E-state index in [2.05, 4.69) is 22.2 Å². The van der Waals surface area contributed by atoms with Crippen molar-refractivity contribution in [2.75, 3.05) is 25.4 Å². The molecule has 34 heavy (non-hydrogen) atoms. The average Bonchev–Trinajstić information content (AvgIpc) is 3.33. The average molecular weight is 459 g/mol. The Morgan fingerprint density at radius 2 is 2.03 bits per heavy atom. The maximum Gasteiger partial charge on any atom is 0.248 e. The molecule has 1 atom stereocenters. The molecule has 1 aliphatic carbocycles. The molecule has 0 saturated carbocycles. The molecule has 1 saturated heterocycles. The summed E-state index contributed by atoms with van der Waals surface area (Å²) in [7, 11) is 0. The molecule has 1 aliphatic heterocycles. The number of hydrogen-bond acceptors (Lipinski definition) is 7. The van der Waals surface area contributed by atoms with Gasteiger partial charge >= 0.3 is 0 Å². The summed E-state index contributed by atoms with van der Waals surface area (Å²) in [5, 5.41) is 13.5. The minimum atomic E-state index is -0.499. The third-order valence-electron chi connectivity index (χ3n) is 6.70. The Bertz CT molecular complexity index is 1290. The first-order chi connectivity index (χ1) is 16.6. The molecule has 2 aliphatic rings. The number of pyridine rings is 1. The highest BCUT2D eigenvalue weighted by Crippen LogP contribution is 2.34. The molecule has 9 heteroatoms. The topological polar surface area (TPSA) is 127 Å². The summed E-state index contributed by atoms with van der Waals surface area (Å²) in [6.45, 7) is 0.496. The summed E-state index contributed by atoms with van der Waals surface area (Å²) in [4.78, 5) is 34.9. The lowest BCUT2D eigenvalue weighted by Gasteiger charge is -2.32. The molecule has 0 aromatic carbocycles. The Morgan fingerprint density at radius 1 is 1.21 bits per heavy atom. The summed E-state index contributed by atoms with van der Waals surface area (Å²) >= 11 is 0. The number of nitrogens with two attached hydrogens (primary N) is 1. The molecule has 0 bridgehead atoms. The molecule has 0 spiro atoms. The van der Waals surface area contributed by atoms with E-state index in [1.165, 1.54) is 4.52 Å². The molecule has 3 aromatic heterocycles. The first kappa shape index (κ1) is 22.0. The summed E-state index contributed by atoms with van der Waals surface area (Å²) in [6, 6.07) is 4.03. The number of fused-ring (bicyclic) bond motifs is 1. The standard InChI is InChI=1S/C25H26N6O3/c26-24-20(14-32)23(17-8-10-30(11-9-17)22(34)15-33)29-25-19(13-28-31(24)25)18-6-7-21(27-12-18)16-4-2-1-3-5-16/h1-4,6-7,12-14,16-17,33H,5,8-11,15,26H2. The van der Waals surface area contributed by atoms with Crippen molar-refractivity contribution in [3.05, 3.63) is 65.8 Å². The molecule has 1 amide bonds. The lowest BCUT2D eigenvalue weighted by Crippen LogP contribution is -2.39. The number of aldehydes is 1. The molecular weight excluding hydrogens is 432 g/mol. The molecule has 1 fully saturated rings. The maximum absolute atomic E-state index is 11.9. The summed E-state index contributed by atoms with van der Waals surface area (Å²) in [5.74, 6) is 0.205.